The first-order valence-electron chi connectivity index (χ1n) is 11.7. The molecule has 4 rings (SSSR count). The van der Waals surface area contributed by atoms with Gasteiger partial charge >= 0.3 is 5.97 Å². The number of carbonyl (C=O) groups excluding carboxylic acids is 1. The highest BCUT2D eigenvalue weighted by atomic mass is 35.5. The van der Waals surface area contributed by atoms with Crippen LogP contribution in [0.3, 0.4) is 0 Å². The molecule has 1 heterocycles. The first kappa shape index (κ1) is 25.6. The van der Waals surface area contributed by atoms with Gasteiger partial charge in [0.25, 0.3) is 5.91 Å². The molecule has 0 bridgehead atoms. The van der Waals surface area contributed by atoms with Crippen LogP contribution in [-0.4, -0.2) is 45.3 Å². The SMILES string of the molecule is CO[C@@H]1c2c(F)cc([C@@H](O)C3CCC(O)CC3)cc2C(=O)N1[C@@H](CCC(=O)O)c1ccc(Cl)cc1. The zero-order chi connectivity index (χ0) is 25.3. The quantitative estimate of drug-likeness (QED) is 0.477. The Morgan fingerprint density at radius 2 is 1.83 bits per heavy atom. The summed E-state index contributed by atoms with van der Waals surface area (Å²) in [6.07, 6.45) is -0.164. The maximum Gasteiger partial charge on any atom is 0.303 e. The largest absolute Gasteiger partial charge is 0.481 e. The van der Waals surface area contributed by atoms with Crippen molar-refractivity contribution in [2.45, 2.75) is 63.0 Å². The zero-order valence-electron chi connectivity index (χ0n) is 19.4. The molecule has 0 saturated heterocycles. The van der Waals surface area contributed by atoms with Gasteiger partial charge in [-0.2, -0.15) is 0 Å². The van der Waals surface area contributed by atoms with Crippen LogP contribution in [0.15, 0.2) is 36.4 Å². The maximum absolute atomic E-state index is 15.4. The normalized spacial score (nSPS) is 23.7. The van der Waals surface area contributed by atoms with Gasteiger partial charge in [-0.25, -0.2) is 4.39 Å². The number of amides is 1. The summed E-state index contributed by atoms with van der Waals surface area (Å²) in [6, 6.07) is 8.78. The summed E-state index contributed by atoms with van der Waals surface area (Å²) in [5, 5.41) is 30.5. The summed E-state index contributed by atoms with van der Waals surface area (Å²) >= 11 is 6.01. The number of ether oxygens (including phenoxy) is 1. The lowest BCUT2D eigenvalue weighted by Gasteiger charge is -2.33. The fraction of sp³-hybridized carbons (Fsp3) is 0.462. The molecule has 0 radical (unpaired) electrons. The number of carbonyl (C=O) groups is 2. The van der Waals surface area contributed by atoms with Gasteiger partial charge in [0.15, 0.2) is 6.23 Å². The van der Waals surface area contributed by atoms with Crippen molar-refractivity contribution in [3.8, 4) is 0 Å². The molecule has 1 amide bonds. The predicted octanol–water partition coefficient (Wildman–Crippen LogP) is 4.77. The zero-order valence-corrected chi connectivity index (χ0v) is 20.1. The Balaban J connectivity index is 1.70. The number of carboxylic acid groups (broad SMARTS) is 1. The molecule has 2 aromatic carbocycles. The molecule has 1 saturated carbocycles. The molecule has 0 aromatic heterocycles. The summed E-state index contributed by atoms with van der Waals surface area (Å²) in [5.41, 5.74) is 1.12. The molecule has 1 fully saturated rings. The second-order valence-electron chi connectivity index (χ2n) is 9.28. The standard InChI is InChI=1S/C26H29ClFNO6/c1-35-26-23-19(12-16(13-20(23)28)24(33)15-4-8-18(30)9-5-15)25(34)29(26)21(10-11-22(31)32)14-2-6-17(27)7-3-14/h2-3,6-7,12-13,15,18,21,24,26,30,33H,4-5,8-11H2,1H3,(H,31,32)/t15?,18?,21-,24-,26+/m0/s1. The van der Waals surface area contributed by atoms with E-state index in [-0.39, 0.29) is 36.0 Å². The van der Waals surface area contributed by atoms with E-state index in [1.54, 1.807) is 24.3 Å². The van der Waals surface area contributed by atoms with Gasteiger partial charge in [0.2, 0.25) is 0 Å². The van der Waals surface area contributed by atoms with Crippen molar-refractivity contribution in [2.24, 2.45) is 5.92 Å². The van der Waals surface area contributed by atoms with Crippen LogP contribution in [-0.2, 0) is 9.53 Å². The number of aliphatic carboxylic acids is 1. The van der Waals surface area contributed by atoms with E-state index in [4.69, 9.17) is 16.3 Å². The number of benzene rings is 2. The molecule has 9 heteroatoms. The number of halogens is 2. The number of hydrogen-bond donors (Lipinski definition) is 3. The molecule has 2 aromatic rings. The monoisotopic (exact) mass is 505 g/mol. The summed E-state index contributed by atoms with van der Waals surface area (Å²) in [7, 11) is 1.37. The highest BCUT2D eigenvalue weighted by Gasteiger charge is 2.44. The number of nitrogens with zero attached hydrogens (tertiary/aromatic N) is 1. The van der Waals surface area contributed by atoms with Gasteiger partial charge in [-0.15, -0.1) is 0 Å². The van der Waals surface area contributed by atoms with Crippen LogP contribution in [0.1, 0.15) is 83.9 Å². The fourth-order valence-corrected chi connectivity index (χ4v) is 5.39. The van der Waals surface area contributed by atoms with Crippen molar-refractivity contribution in [3.63, 3.8) is 0 Å². The third kappa shape index (κ3) is 5.21. The minimum atomic E-state index is -1.05. The number of carboxylic acids is 1. The predicted molar refractivity (Wildman–Crippen MR) is 126 cm³/mol. The molecule has 0 spiro atoms. The highest BCUT2D eigenvalue weighted by molar-refractivity contribution is 6.30. The van der Waals surface area contributed by atoms with E-state index in [0.29, 0.717) is 41.8 Å². The molecular weight excluding hydrogens is 477 g/mol. The van der Waals surface area contributed by atoms with E-state index in [0.717, 1.165) is 0 Å². The number of methoxy groups -OCH3 is 1. The minimum Gasteiger partial charge on any atom is -0.481 e. The molecule has 2 aliphatic rings. The van der Waals surface area contributed by atoms with Crippen molar-refractivity contribution < 1.29 is 34.0 Å². The number of aliphatic hydroxyl groups excluding tert-OH is 2. The number of hydrogen-bond acceptors (Lipinski definition) is 5. The Morgan fingerprint density at radius 1 is 1.17 bits per heavy atom. The Morgan fingerprint density at radius 3 is 2.43 bits per heavy atom. The smallest absolute Gasteiger partial charge is 0.303 e. The summed E-state index contributed by atoms with van der Waals surface area (Å²) in [6.45, 7) is 0. The molecular formula is C26H29ClFNO6. The van der Waals surface area contributed by atoms with Gasteiger partial charge in [0.05, 0.1) is 23.8 Å². The van der Waals surface area contributed by atoms with Crippen LogP contribution >= 0.6 is 11.6 Å². The van der Waals surface area contributed by atoms with Crippen molar-refractivity contribution in [1.82, 2.24) is 4.90 Å². The second kappa shape index (κ2) is 10.6. The van der Waals surface area contributed by atoms with Gasteiger partial charge < -0.3 is 25.0 Å². The average Bonchev–Trinajstić information content (AvgIpc) is 3.12. The lowest BCUT2D eigenvalue weighted by molar-refractivity contribution is -0.137. The molecule has 7 nitrogen and oxygen atoms in total. The van der Waals surface area contributed by atoms with E-state index in [9.17, 15) is 24.9 Å². The van der Waals surface area contributed by atoms with Crippen LogP contribution in [0.5, 0.6) is 0 Å². The van der Waals surface area contributed by atoms with Crippen molar-refractivity contribution in [1.29, 1.82) is 0 Å². The first-order valence-corrected chi connectivity index (χ1v) is 12.1. The summed E-state index contributed by atoms with van der Waals surface area (Å²) in [5.74, 6) is -2.32. The molecule has 35 heavy (non-hydrogen) atoms. The molecule has 0 unspecified atom stereocenters. The Labute approximate surface area is 208 Å². The number of fused-ring (bicyclic) bond motifs is 1. The summed E-state index contributed by atoms with van der Waals surface area (Å²) in [4.78, 5) is 26.3. The lowest BCUT2D eigenvalue weighted by atomic mass is 9.81. The van der Waals surface area contributed by atoms with Crippen LogP contribution in [0, 0.1) is 11.7 Å². The van der Waals surface area contributed by atoms with Gasteiger partial charge in [-0.1, -0.05) is 23.7 Å². The topological polar surface area (TPSA) is 107 Å². The van der Waals surface area contributed by atoms with Crippen LogP contribution in [0.25, 0.3) is 0 Å². The maximum atomic E-state index is 15.4. The average molecular weight is 506 g/mol. The minimum absolute atomic E-state index is 0.0711. The van der Waals surface area contributed by atoms with E-state index in [2.05, 4.69) is 0 Å². The van der Waals surface area contributed by atoms with E-state index < -0.39 is 36.1 Å². The number of aliphatic hydroxyl groups is 2. The lowest BCUT2D eigenvalue weighted by Crippen LogP contribution is -2.34. The van der Waals surface area contributed by atoms with Crippen molar-refractivity contribution in [3.05, 3.63) is 69.5 Å². The van der Waals surface area contributed by atoms with E-state index in [1.165, 1.54) is 24.1 Å². The van der Waals surface area contributed by atoms with Crippen molar-refractivity contribution >= 4 is 23.5 Å². The Hall–Kier alpha value is -2.52. The summed E-state index contributed by atoms with van der Waals surface area (Å²) < 4.78 is 21.0. The highest BCUT2D eigenvalue weighted by Crippen LogP contribution is 2.45. The number of rotatable bonds is 8. The van der Waals surface area contributed by atoms with Gasteiger partial charge in [0, 0.05) is 24.1 Å². The van der Waals surface area contributed by atoms with Crippen LogP contribution in [0.2, 0.25) is 5.02 Å². The molecule has 1 aliphatic heterocycles. The van der Waals surface area contributed by atoms with Crippen LogP contribution in [0.4, 0.5) is 4.39 Å². The van der Waals surface area contributed by atoms with E-state index >= 15 is 4.39 Å². The van der Waals surface area contributed by atoms with Crippen LogP contribution < -0.4 is 0 Å². The molecule has 188 valence electrons. The Bertz CT molecular complexity index is 1090. The van der Waals surface area contributed by atoms with Gasteiger partial charge in [-0.05, 0) is 73.4 Å². The molecule has 3 atom stereocenters. The third-order valence-corrected chi connectivity index (χ3v) is 7.34. The van der Waals surface area contributed by atoms with E-state index in [1.807, 2.05) is 0 Å². The Kier molecular flexibility index (Phi) is 7.76. The second-order valence-corrected chi connectivity index (χ2v) is 9.71. The van der Waals surface area contributed by atoms with Crippen molar-refractivity contribution in [2.75, 3.05) is 7.11 Å². The third-order valence-electron chi connectivity index (χ3n) is 7.09. The van der Waals surface area contributed by atoms with Gasteiger partial charge in [0.1, 0.15) is 5.82 Å². The fourth-order valence-electron chi connectivity index (χ4n) is 5.26. The first-order chi connectivity index (χ1) is 16.7. The molecule has 1 aliphatic carbocycles. The van der Waals surface area contributed by atoms with Gasteiger partial charge in [-0.3, -0.25) is 9.59 Å². The molecule has 3 N–H and O–H groups in total.